The summed E-state index contributed by atoms with van der Waals surface area (Å²) in [6, 6.07) is 10.2. The van der Waals surface area contributed by atoms with Crippen LogP contribution in [0.25, 0.3) is 0 Å². The van der Waals surface area contributed by atoms with Gasteiger partial charge in [0.2, 0.25) is 5.91 Å². The molecule has 1 fully saturated rings. The van der Waals surface area contributed by atoms with Crippen molar-refractivity contribution in [3.63, 3.8) is 0 Å². The molecule has 0 radical (unpaired) electrons. The summed E-state index contributed by atoms with van der Waals surface area (Å²) < 4.78 is 45.1. The highest BCUT2D eigenvalue weighted by Gasteiger charge is 2.32. The lowest BCUT2D eigenvalue weighted by Crippen LogP contribution is -2.40. The van der Waals surface area contributed by atoms with Crippen LogP contribution in [0.4, 0.5) is 24.5 Å². The molecular weight excluding hydrogens is 431 g/mol. The molecule has 1 N–H and O–H groups in total. The van der Waals surface area contributed by atoms with E-state index in [1.54, 1.807) is 26.1 Å². The summed E-state index contributed by atoms with van der Waals surface area (Å²) in [5, 5.41) is 3.33. The van der Waals surface area contributed by atoms with Crippen LogP contribution < -0.4 is 10.2 Å². The molecule has 0 bridgehead atoms. The molecule has 1 aliphatic heterocycles. The Bertz CT molecular complexity index is 900. The van der Waals surface area contributed by atoms with Gasteiger partial charge in [-0.15, -0.1) is 0 Å². The summed E-state index contributed by atoms with van der Waals surface area (Å²) >= 11 is 5.91. The van der Waals surface area contributed by atoms with Crippen LogP contribution in [0.15, 0.2) is 42.5 Å². The average molecular weight is 456 g/mol. The maximum absolute atomic E-state index is 13.3. The van der Waals surface area contributed by atoms with E-state index in [-0.39, 0.29) is 11.6 Å². The van der Waals surface area contributed by atoms with E-state index in [0.717, 1.165) is 17.7 Å². The Labute approximate surface area is 184 Å². The maximum atomic E-state index is 13.3. The fraction of sp³-hybridized carbons (Fsp3) is 0.409. The van der Waals surface area contributed by atoms with Gasteiger partial charge in [0, 0.05) is 24.7 Å². The molecule has 31 heavy (non-hydrogen) atoms. The number of nitrogens with zero attached hydrogens (tertiary/aromatic N) is 2. The fourth-order valence-corrected chi connectivity index (χ4v) is 3.47. The van der Waals surface area contributed by atoms with Gasteiger partial charge in [0.1, 0.15) is 0 Å². The van der Waals surface area contributed by atoms with Crippen molar-refractivity contribution in [1.82, 2.24) is 4.90 Å². The summed E-state index contributed by atoms with van der Waals surface area (Å²) in [5.74, 6) is -0.384. The number of carbonyl (C=O) groups excluding carboxylic acids is 1. The van der Waals surface area contributed by atoms with Crippen LogP contribution in [-0.2, 0) is 22.3 Å². The Balaban J connectivity index is 1.78. The van der Waals surface area contributed by atoms with E-state index < -0.39 is 17.8 Å². The molecule has 0 saturated carbocycles. The SMILES string of the molecule is C[C@@H](C(=O)Nc1cc(C(F)(F)F)ccc1N1CCOCC1)N(C)Cc1ccc(Cl)cc1. The molecule has 0 aliphatic carbocycles. The first kappa shape index (κ1) is 23.4. The first-order valence-electron chi connectivity index (χ1n) is 9.94. The second kappa shape index (κ2) is 9.89. The zero-order valence-electron chi connectivity index (χ0n) is 17.4. The first-order chi connectivity index (χ1) is 14.6. The van der Waals surface area contributed by atoms with E-state index in [0.29, 0.717) is 43.6 Å². The standard InChI is InChI=1S/C22H25ClF3N3O2/c1-15(28(2)14-16-3-6-18(23)7-4-16)21(30)27-19-13-17(22(24,25)26)5-8-20(19)29-9-11-31-12-10-29/h3-8,13,15H,9-12,14H2,1-2H3,(H,27,30)/t15-/m0/s1. The van der Waals surface area contributed by atoms with E-state index in [2.05, 4.69) is 5.32 Å². The largest absolute Gasteiger partial charge is 0.416 e. The molecule has 1 aliphatic rings. The number of amides is 1. The molecule has 0 aromatic heterocycles. The number of anilines is 2. The monoisotopic (exact) mass is 455 g/mol. The maximum Gasteiger partial charge on any atom is 0.416 e. The van der Waals surface area contributed by atoms with Crippen molar-refractivity contribution in [1.29, 1.82) is 0 Å². The van der Waals surface area contributed by atoms with E-state index in [9.17, 15) is 18.0 Å². The lowest BCUT2D eigenvalue weighted by atomic mass is 10.1. The molecule has 2 aromatic rings. The molecular formula is C22H25ClF3N3O2. The van der Waals surface area contributed by atoms with Gasteiger partial charge >= 0.3 is 6.18 Å². The number of hydrogen-bond donors (Lipinski definition) is 1. The van der Waals surface area contributed by atoms with Gasteiger partial charge in [0.05, 0.1) is 36.2 Å². The van der Waals surface area contributed by atoms with Crippen molar-refractivity contribution >= 4 is 28.9 Å². The number of morpholine rings is 1. The van der Waals surface area contributed by atoms with Crippen molar-refractivity contribution in [2.45, 2.75) is 25.7 Å². The second-order valence-corrected chi connectivity index (χ2v) is 7.97. The quantitative estimate of drug-likeness (QED) is 0.688. The molecule has 1 saturated heterocycles. The van der Waals surface area contributed by atoms with Crippen molar-refractivity contribution in [2.24, 2.45) is 0 Å². The van der Waals surface area contributed by atoms with Crippen LogP contribution >= 0.6 is 11.6 Å². The normalized spacial score (nSPS) is 15.8. The molecule has 1 heterocycles. The van der Waals surface area contributed by atoms with E-state index >= 15 is 0 Å². The van der Waals surface area contributed by atoms with Gasteiger partial charge in [-0.2, -0.15) is 13.2 Å². The summed E-state index contributed by atoms with van der Waals surface area (Å²) in [4.78, 5) is 16.6. The Morgan fingerprint density at radius 3 is 2.45 bits per heavy atom. The number of likely N-dealkylation sites (N-methyl/N-ethyl adjacent to an activating group) is 1. The molecule has 5 nitrogen and oxygen atoms in total. The van der Waals surface area contributed by atoms with Gasteiger partial charge in [0.15, 0.2) is 0 Å². The molecule has 0 spiro atoms. The molecule has 2 aromatic carbocycles. The van der Waals surface area contributed by atoms with Crippen LogP contribution in [0, 0.1) is 0 Å². The minimum atomic E-state index is -4.50. The van der Waals surface area contributed by atoms with Gasteiger partial charge in [-0.1, -0.05) is 23.7 Å². The summed E-state index contributed by atoms with van der Waals surface area (Å²) in [7, 11) is 1.79. The number of alkyl halides is 3. The number of halogens is 4. The number of hydrogen-bond acceptors (Lipinski definition) is 4. The summed E-state index contributed by atoms with van der Waals surface area (Å²) in [6.07, 6.45) is -4.50. The van der Waals surface area contributed by atoms with Gasteiger partial charge in [-0.3, -0.25) is 9.69 Å². The number of carbonyl (C=O) groups is 1. The molecule has 1 atom stereocenters. The smallest absolute Gasteiger partial charge is 0.378 e. The summed E-state index contributed by atoms with van der Waals surface area (Å²) in [5.41, 5.74) is 0.868. The van der Waals surface area contributed by atoms with E-state index in [4.69, 9.17) is 16.3 Å². The lowest BCUT2D eigenvalue weighted by molar-refractivity contribution is -0.137. The Kier molecular flexibility index (Phi) is 7.46. The fourth-order valence-electron chi connectivity index (χ4n) is 3.34. The highest BCUT2D eigenvalue weighted by atomic mass is 35.5. The molecule has 3 rings (SSSR count). The predicted molar refractivity (Wildman–Crippen MR) is 115 cm³/mol. The molecule has 0 unspecified atom stereocenters. The predicted octanol–water partition coefficient (Wildman–Crippen LogP) is 4.65. The van der Waals surface area contributed by atoms with Crippen molar-refractivity contribution < 1.29 is 22.7 Å². The number of rotatable bonds is 6. The molecule has 168 valence electrons. The highest BCUT2D eigenvalue weighted by Crippen LogP contribution is 2.36. The van der Waals surface area contributed by atoms with Crippen molar-refractivity contribution in [3.8, 4) is 0 Å². The van der Waals surface area contributed by atoms with Gasteiger partial charge in [-0.05, 0) is 49.9 Å². The van der Waals surface area contributed by atoms with Crippen LogP contribution in [0.2, 0.25) is 5.02 Å². The third kappa shape index (κ3) is 6.12. The number of nitrogens with one attached hydrogen (secondary N) is 1. The average Bonchev–Trinajstić information content (AvgIpc) is 2.74. The van der Waals surface area contributed by atoms with Crippen molar-refractivity contribution in [2.75, 3.05) is 43.6 Å². The molecule has 1 amide bonds. The minimum Gasteiger partial charge on any atom is -0.378 e. The third-order valence-corrected chi connectivity index (χ3v) is 5.57. The highest BCUT2D eigenvalue weighted by molar-refractivity contribution is 6.30. The second-order valence-electron chi connectivity index (χ2n) is 7.54. The van der Waals surface area contributed by atoms with Crippen LogP contribution in [0.3, 0.4) is 0 Å². The summed E-state index contributed by atoms with van der Waals surface area (Å²) in [6.45, 7) is 4.25. The molecule has 9 heteroatoms. The lowest BCUT2D eigenvalue weighted by Gasteiger charge is -2.31. The number of benzene rings is 2. The Hall–Kier alpha value is -2.29. The van der Waals surface area contributed by atoms with Gasteiger partial charge < -0.3 is 15.0 Å². The Morgan fingerprint density at radius 1 is 1.19 bits per heavy atom. The van der Waals surface area contributed by atoms with Crippen LogP contribution in [0.1, 0.15) is 18.1 Å². The van der Waals surface area contributed by atoms with E-state index in [1.165, 1.54) is 6.07 Å². The zero-order valence-corrected chi connectivity index (χ0v) is 18.1. The van der Waals surface area contributed by atoms with Crippen LogP contribution in [-0.4, -0.2) is 50.2 Å². The van der Waals surface area contributed by atoms with E-state index in [1.807, 2.05) is 21.9 Å². The van der Waals surface area contributed by atoms with Crippen molar-refractivity contribution in [3.05, 3.63) is 58.6 Å². The topological polar surface area (TPSA) is 44.8 Å². The minimum absolute atomic E-state index is 0.147. The zero-order chi connectivity index (χ0) is 22.6. The third-order valence-electron chi connectivity index (χ3n) is 5.32. The van der Waals surface area contributed by atoms with Gasteiger partial charge in [-0.25, -0.2) is 0 Å². The first-order valence-corrected chi connectivity index (χ1v) is 10.3. The van der Waals surface area contributed by atoms with Gasteiger partial charge in [0.25, 0.3) is 0 Å². The van der Waals surface area contributed by atoms with Crippen LogP contribution in [0.5, 0.6) is 0 Å². The number of ether oxygens (including phenoxy) is 1. The Morgan fingerprint density at radius 2 is 1.84 bits per heavy atom.